The van der Waals surface area contributed by atoms with Crippen LogP contribution >= 0.6 is 0 Å². The van der Waals surface area contributed by atoms with E-state index < -0.39 is 9.84 Å². The van der Waals surface area contributed by atoms with Gasteiger partial charge in [-0.15, -0.1) is 0 Å². The van der Waals surface area contributed by atoms with Gasteiger partial charge in [0.25, 0.3) is 0 Å². The smallest absolute Gasteiger partial charge is 0.151 e. The van der Waals surface area contributed by atoms with Crippen molar-refractivity contribution in [3.05, 3.63) is 11.6 Å². The van der Waals surface area contributed by atoms with Gasteiger partial charge >= 0.3 is 0 Å². The third-order valence-corrected chi connectivity index (χ3v) is 5.82. The fourth-order valence-electron chi connectivity index (χ4n) is 2.92. The average Bonchev–Trinajstić information content (AvgIpc) is 2.76. The molecule has 2 aliphatic rings. The summed E-state index contributed by atoms with van der Waals surface area (Å²) in [6.45, 7) is 0.898. The van der Waals surface area contributed by atoms with Gasteiger partial charge in [0.1, 0.15) is 15.7 Å². The standard InChI is InChI=1S/C12H20N4O2S/c13-10-2-1-5-16-12(10)14-11(15-16)8-9-3-6-19(17,18)7-4-9/h9-10H,1-8,13H2. The highest BCUT2D eigenvalue weighted by molar-refractivity contribution is 7.91. The number of sulfone groups is 1. The lowest BCUT2D eigenvalue weighted by Crippen LogP contribution is -2.24. The molecule has 1 atom stereocenters. The predicted octanol–water partition coefficient (Wildman–Crippen LogP) is 0.439. The molecule has 1 saturated heterocycles. The Balaban J connectivity index is 1.68. The number of aryl methyl sites for hydroxylation is 1. The van der Waals surface area contributed by atoms with Gasteiger partial charge in [0, 0.05) is 13.0 Å². The number of aromatic nitrogens is 3. The van der Waals surface area contributed by atoms with E-state index in [0.29, 0.717) is 17.4 Å². The molecule has 0 saturated carbocycles. The number of nitrogens with zero attached hydrogens (tertiary/aromatic N) is 3. The molecule has 0 spiro atoms. The molecule has 0 bridgehead atoms. The lowest BCUT2D eigenvalue weighted by molar-refractivity contribution is 0.419. The highest BCUT2D eigenvalue weighted by Gasteiger charge is 2.26. The lowest BCUT2D eigenvalue weighted by atomic mass is 9.99. The highest BCUT2D eigenvalue weighted by atomic mass is 32.2. The third-order valence-electron chi connectivity index (χ3n) is 4.11. The van der Waals surface area contributed by atoms with Gasteiger partial charge in [-0.3, -0.25) is 0 Å². The van der Waals surface area contributed by atoms with E-state index >= 15 is 0 Å². The first-order valence-electron chi connectivity index (χ1n) is 6.93. The molecule has 0 aliphatic carbocycles. The topological polar surface area (TPSA) is 90.9 Å². The highest BCUT2D eigenvalue weighted by Crippen LogP contribution is 2.24. The van der Waals surface area contributed by atoms with Crippen LogP contribution in [0.4, 0.5) is 0 Å². The maximum absolute atomic E-state index is 11.4. The summed E-state index contributed by atoms with van der Waals surface area (Å²) < 4.78 is 24.7. The Bertz CT molecular complexity index is 552. The van der Waals surface area contributed by atoms with Gasteiger partial charge in [-0.1, -0.05) is 0 Å². The van der Waals surface area contributed by atoms with E-state index in [1.807, 2.05) is 4.68 Å². The number of hydrogen-bond donors (Lipinski definition) is 1. The Morgan fingerprint density at radius 2 is 2.00 bits per heavy atom. The molecule has 19 heavy (non-hydrogen) atoms. The van der Waals surface area contributed by atoms with E-state index in [9.17, 15) is 8.42 Å². The van der Waals surface area contributed by atoms with Gasteiger partial charge < -0.3 is 5.73 Å². The van der Waals surface area contributed by atoms with Crippen LogP contribution in [-0.2, 0) is 22.8 Å². The van der Waals surface area contributed by atoms with Crippen molar-refractivity contribution in [2.75, 3.05) is 11.5 Å². The van der Waals surface area contributed by atoms with Crippen molar-refractivity contribution in [2.45, 2.75) is 44.7 Å². The van der Waals surface area contributed by atoms with Gasteiger partial charge in [0.15, 0.2) is 5.82 Å². The summed E-state index contributed by atoms with van der Waals surface area (Å²) in [5.41, 5.74) is 6.03. The summed E-state index contributed by atoms with van der Waals surface area (Å²) in [5, 5.41) is 4.51. The van der Waals surface area contributed by atoms with E-state index in [2.05, 4.69) is 10.1 Å². The minimum absolute atomic E-state index is 0.00161. The first-order chi connectivity index (χ1) is 9.03. The second-order valence-corrected chi connectivity index (χ2v) is 7.96. The summed E-state index contributed by atoms with van der Waals surface area (Å²) >= 11 is 0. The summed E-state index contributed by atoms with van der Waals surface area (Å²) in [5.74, 6) is 2.74. The van der Waals surface area contributed by atoms with Crippen LogP contribution in [0.5, 0.6) is 0 Å². The molecule has 106 valence electrons. The summed E-state index contributed by atoms with van der Waals surface area (Å²) in [7, 11) is -2.79. The number of fused-ring (bicyclic) bond motifs is 1. The van der Waals surface area contributed by atoms with Crippen LogP contribution in [-0.4, -0.2) is 34.7 Å². The molecule has 0 amide bonds. The molecule has 7 heteroatoms. The Morgan fingerprint density at radius 3 is 2.68 bits per heavy atom. The summed E-state index contributed by atoms with van der Waals surface area (Å²) in [4.78, 5) is 4.54. The zero-order valence-corrected chi connectivity index (χ0v) is 11.8. The normalized spacial score (nSPS) is 27.1. The molecule has 0 radical (unpaired) electrons. The van der Waals surface area contributed by atoms with Crippen molar-refractivity contribution in [2.24, 2.45) is 11.7 Å². The molecule has 6 nitrogen and oxygen atoms in total. The van der Waals surface area contributed by atoms with E-state index in [4.69, 9.17) is 5.73 Å². The quantitative estimate of drug-likeness (QED) is 0.851. The van der Waals surface area contributed by atoms with Crippen molar-refractivity contribution in [3.63, 3.8) is 0 Å². The SMILES string of the molecule is NC1CCCn2nc(CC3CCS(=O)(=O)CC3)nc21. The van der Waals surface area contributed by atoms with E-state index in [1.54, 1.807) is 0 Å². The molecule has 3 rings (SSSR count). The molecule has 1 aromatic rings. The van der Waals surface area contributed by atoms with Crippen molar-refractivity contribution in [1.29, 1.82) is 0 Å². The summed E-state index contributed by atoms with van der Waals surface area (Å²) in [6, 6.07) is 0.00161. The first-order valence-corrected chi connectivity index (χ1v) is 8.75. The number of hydrogen-bond acceptors (Lipinski definition) is 5. The zero-order chi connectivity index (χ0) is 13.5. The Hall–Kier alpha value is -0.950. The monoisotopic (exact) mass is 284 g/mol. The van der Waals surface area contributed by atoms with Gasteiger partial charge in [-0.2, -0.15) is 5.10 Å². The van der Waals surface area contributed by atoms with Gasteiger partial charge in [0.05, 0.1) is 17.5 Å². The van der Waals surface area contributed by atoms with Crippen LogP contribution in [0.3, 0.4) is 0 Å². The second-order valence-electron chi connectivity index (χ2n) is 5.66. The van der Waals surface area contributed by atoms with Crippen molar-refractivity contribution in [1.82, 2.24) is 14.8 Å². The first kappa shape index (κ1) is 13.1. The second kappa shape index (κ2) is 4.86. The van der Waals surface area contributed by atoms with Gasteiger partial charge in [-0.25, -0.2) is 18.1 Å². The molecular weight excluding hydrogens is 264 g/mol. The van der Waals surface area contributed by atoms with Crippen LogP contribution in [0.2, 0.25) is 0 Å². The van der Waals surface area contributed by atoms with E-state index in [0.717, 1.165) is 50.3 Å². The van der Waals surface area contributed by atoms with Crippen molar-refractivity contribution in [3.8, 4) is 0 Å². The zero-order valence-electron chi connectivity index (χ0n) is 11.0. The average molecular weight is 284 g/mol. The predicted molar refractivity (Wildman–Crippen MR) is 71.3 cm³/mol. The Labute approximate surface area is 113 Å². The van der Waals surface area contributed by atoms with Gasteiger partial charge in [0.2, 0.25) is 0 Å². The summed E-state index contributed by atoms with van der Waals surface area (Å²) in [6.07, 6.45) is 4.28. The minimum atomic E-state index is -2.79. The maximum atomic E-state index is 11.4. The van der Waals surface area contributed by atoms with Crippen LogP contribution in [0, 0.1) is 5.92 Å². The third kappa shape index (κ3) is 2.81. The fraction of sp³-hybridized carbons (Fsp3) is 0.833. The Kier molecular flexibility index (Phi) is 3.34. The molecule has 0 aromatic carbocycles. The molecule has 1 unspecified atom stereocenters. The van der Waals surface area contributed by atoms with Crippen LogP contribution < -0.4 is 5.73 Å². The van der Waals surface area contributed by atoms with Crippen molar-refractivity contribution < 1.29 is 8.42 Å². The van der Waals surface area contributed by atoms with Gasteiger partial charge in [-0.05, 0) is 31.6 Å². The molecule has 1 aromatic heterocycles. The number of nitrogens with two attached hydrogens (primary N) is 1. The molecule has 1 fully saturated rings. The van der Waals surface area contributed by atoms with Crippen LogP contribution in [0.15, 0.2) is 0 Å². The molecule has 3 heterocycles. The number of rotatable bonds is 2. The molecule has 2 N–H and O–H groups in total. The maximum Gasteiger partial charge on any atom is 0.151 e. The van der Waals surface area contributed by atoms with Crippen LogP contribution in [0.25, 0.3) is 0 Å². The van der Waals surface area contributed by atoms with Crippen molar-refractivity contribution >= 4 is 9.84 Å². The molecule has 2 aliphatic heterocycles. The van der Waals surface area contributed by atoms with Crippen LogP contribution in [0.1, 0.15) is 43.4 Å². The fourth-order valence-corrected chi connectivity index (χ4v) is 4.51. The minimum Gasteiger partial charge on any atom is -0.321 e. The van der Waals surface area contributed by atoms with E-state index in [-0.39, 0.29) is 6.04 Å². The largest absolute Gasteiger partial charge is 0.321 e. The lowest BCUT2D eigenvalue weighted by Gasteiger charge is -2.20. The molecular formula is C12H20N4O2S. The van der Waals surface area contributed by atoms with E-state index in [1.165, 1.54) is 0 Å². The Morgan fingerprint density at radius 1 is 1.26 bits per heavy atom.